The molecule has 1 amide bonds. The Morgan fingerprint density at radius 3 is 2.42 bits per heavy atom. The zero-order valence-corrected chi connectivity index (χ0v) is 14.6. The van der Waals surface area contributed by atoms with Gasteiger partial charge in [0.15, 0.2) is 0 Å². The Balaban J connectivity index is 1.92. The molecule has 134 valence electrons. The standard InChI is InChI=1S/C16H25N3O4S/c1-2-11-24(21,22)19-14-5-3-13(4-6-14)18-16(20)15(17)12-7-9-23-10-8-12/h3-6,12,15,19H,2,7-11,17H2,1H3,(H,18,20). The van der Waals surface area contributed by atoms with Crippen LogP contribution in [0.15, 0.2) is 24.3 Å². The predicted octanol–water partition coefficient (Wildman–Crippen LogP) is 1.53. The lowest BCUT2D eigenvalue weighted by Crippen LogP contribution is -2.43. The minimum Gasteiger partial charge on any atom is -0.381 e. The van der Waals surface area contributed by atoms with E-state index in [1.165, 1.54) is 0 Å². The number of carbonyl (C=O) groups is 1. The van der Waals surface area contributed by atoms with Gasteiger partial charge in [0.25, 0.3) is 0 Å². The maximum Gasteiger partial charge on any atom is 0.241 e. The molecule has 0 bridgehead atoms. The number of amides is 1. The van der Waals surface area contributed by atoms with Crippen LogP contribution in [0.25, 0.3) is 0 Å². The number of benzene rings is 1. The molecule has 1 atom stereocenters. The fourth-order valence-electron chi connectivity index (χ4n) is 2.64. The predicted molar refractivity (Wildman–Crippen MR) is 94.3 cm³/mol. The average Bonchev–Trinajstić information content (AvgIpc) is 2.56. The fourth-order valence-corrected chi connectivity index (χ4v) is 3.77. The van der Waals surface area contributed by atoms with Crippen LogP contribution in [0.1, 0.15) is 26.2 Å². The van der Waals surface area contributed by atoms with Crippen molar-refractivity contribution in [3.05, 3.63) is 24.3 Å². The van der Waals surface area contributed by atoms with Gasteiger partial charge in [-0.1, -0.05) is 6.92 Å². The molecule has 1 heterocycles. The summed E-state index contributed by atoms with van der Waals surface area (Å²) < 4.78 is 31.2. The van der Waals surface area contributed by atoms with Gasteiger partial charge < -0.3 is 15.8 Å². The monoisotopic (exact) mass is 355 g/mol. The number of carbonyl (C=O) groups excluding carboxylic acids is 1. The molecule has 1 unspecified atom stereocenters. The molecule has 0 aliphatic carbocycles. The lowest BCUT2D eigenvalue weighted by Gasteiger charge is -2.26. The van der Waals surface area contributed by atoms with Crippen LogP contribution in [-0.4, -0.2) is 39.3 Å². The number of ether oxygens (including phenoxy) is 1. The van der Waals surface area contributed by atoms with E-state index in [0.717, 1.165) is 12.8 Å². The van der Waals surface area contributed by atoms with Crippen LogP contribution in [0, 0.1) is 5.92 Å². The van der Waals surface area contributed by atoms with Gasteiger partial charge in [-0.05, 0) is 49.4 Å². The molecule has 24 heavy (non-hydrogen) atoms. The molecule has 0 saturated carbocycles. The quantitative estimate of drug-likeness (QED) is 0.687. The zero-order chi connectivity index (χ0) is 17.6. The highest BCUT2D eigenvalue weighted by Crippen LogP contribution is 2.20. The van der Waals surface area contributed by atoms with E-state index in [9.17, 15) is 13.2 Å². The van der Waals surface area contributed by atoms with Crippen LogP contribution < -0.4 is 15.8 Å². The molecule has 1 aliphatic rings. The molecular formula is C16H25N3O4S. The van der Waals surface area contributed by atoms with Crippen molar-refractivity contribution >= 4 is 27.3 Å². The van der Waals surface area contributed by atoms with E-state index in [-0.39, 0.29) is 17.6 Å². The summed E-state index contributed by atoms with van der Waals surface area (Å²) in [4.78, 5) is 12.2. The van der Waals surface area contributed by atoms with Gasteiger partial charge in [-0.15, -0.1) is 0 Å². The van der Waals surface area contributed by atoms with Gasteiger partial charge in [0.05, 0.1) is 11.8 Å². The maximum atomic E-state index is 12.2. The molecule has 2 rings (SSSR count). The minimum atomic E-state index is -3.32. The maximum absolute atomic E-state index is 12.2. The number of sulfonamides is 1. The molecule has 8 heteroatoms. The van der Waals surface area contributed by atoms with E-state index in [1.54, 1.807) is 31.2 Å². The minimum absolute atomic E-state index is 0.0748. The number of nitrogens with two attached hydrogens (primary N) is 1. The van der Waals surface area contributed by atoms with Crippen molar-refractivity contribution in [3.8, 4) is 0 Å². The van der Waals surface area contributed by atoms with Crippen molar-refractivity contribution in [2.24, 2.45) is 11.7 Å². The summed E-state index contributed by atoms with van der Waals surface area (Å²) >= 11 is 0. The first-order chi connectivity index (χ1) is 11.4. The van der Waals surface area contributed by atoms with Gasteiger partial charge in [0.2, 0.25) is 15.9 Å². The third-order valence-corrected chi connectivity index (χ3v) is 5.47. The van der Waals surface area contributed by atoms with E-state index in [4.69, 9.17) is 10.5 Å². The lowest BCUT2D eigenvalue weighted by molar-refractivity contribution is -0.119. The molecule has 0 aromatic heterocycles. The van der Waals surface area contributed by atoms with Crippen molar-refractivity contribution in [3.63, 3.8) is 0 Å². The molecule has 0 spiro atoms. The first kappa shape index (κ1) is 18.7. The second-order valence-corrected chi connectivity index (χ2v) is 7.80. The van der Waals surface area contributed by atoms with Gasteiger partial charge in [0.1, 0.15) is 0 Å². The van der Waals surface area contributed by atoms with Crippen LogP contribution >= 0.6 is 0 Å². The van der Waals surface area contributed by atoms with Crippen molar-refractivity contribution in [1.29, 1.82) is 0 Å². The summed E-state index contributed by atoms with van der Waals surface area (Å²) in [6, 6.07) is 5.96. The van der Waals surface area contributed by atoms with E-state index >= 15 is 0 Å². The summed E-state index contributed by atoms with van der Waals surface area (Å²) in [6.07, 6.45) is 2.12. The summed E-state index contributed by atoms with van der Waals surface area (Å²) in [5, 5.41) is 2.77. The molecule has 1 saturated heterocycles. The lowest BCUT2D eigenvalue weighted by atomic mass is 9.92. The number of hydrogen-bond acceptors (Lipinski definition) is 5. The van der Waals surface area contributed by atoms with Crippen LogP contribution in [-0.2, 0) is 19.6 Å². The second-order valence-electron chi connectivity index (χ2n) is 5.96. The smallest absolute Gasteiger partial charge is 0.241 e. The fraction of sp³-hybridized carbons (Fsp3) is 0.562. The van der Waals surface area contributed by atoms with Gasteiger partial charge >= 0.3 is 0 Å². The Morgan fingerprint density at radius 1 is 1.25 bits per heavy atom. The normalized spacial score (nSPS) is 17.2. The van der Waals surface area contributed by atoms with Gasteiger partial charge in [0, 0.05) is 24.6 Å². The number of hydrogen-bond donors (Lipinski definition) is 3. The van der Waals surface area contributed by atoms with Crippen LogP contribution in [0.5, 0.6) is 0 Å². The first-order valence-electron chi connectivity index (χ1n) is 8.16. The Morgan fingerprint density at radius 2 is 1.83 bits per heavy atom. The highest BCUT2D eigenvalue weighted by molar-refractivity contribution is 7.92. The molecule has 1 aromatic carbocycles. The summed E-state index contributed by atoms with van der Waals surface area (Å²) in [5.74, 6) is -0.0362. The molecule has 7 nitrogen and oxygen atoms in total. The number of rotatable bonds is 7. The Kier molecular flexibility index (Phi) is 6.59. The summed E-state index contributed by atoms with van der Waals surface area (Å²) in [7, 11) is -3.32. The van der Waals surface area contributed by atoms with E-state index < -0.39 is 16.1 Å². The number of anilines is 2. The Hall–Kier alpha value is -1.64. The molecule has 1 aromatic rings. The van der Waals surface area contributed by atoms with Gasteiger partial charge in [-0.25, -0.2) is 8.42 Å². The van der Waals surface area contributed by atoms with Gasteiger partial charge in [-0.3, -0.25) is 9.52 Å². The van der Waals surface area contributed by atoms with E-state index in [0.29, 0.717) is 31.0 Å². The van der Waals surface area contributed by atoms with E-state index in [1.807, 2.05) is 0 Å². The van der Waals surface area contributed by atoms with Crippen molar-refractivity contribution in [1.82, 2.24) is 0 Å². The van der Waals surface area contributed by atoms with Crippen LogP contribution in [0.3, 0.4) is 0 Å². The zero-order valence-electron chi connectivity index (χ0n) is 13.8. The molecule has 1 fully saturated rings. The third-order valence-electron chi connectivity index (χ3n) is 3.98. The highest BCUT2D eigenvalue weighted by atomic mass is 32.2. The van der Waals surface area contributed by atoms with Crippen molar-refractivity contribution in [2.75, 3.05) is 29.0 Å². The largest absolute Gasteiger partial charge is 0.381 e. The van der Waals surface area contributed by atoms with Gasteiger partial charge in [-0.2, -0.15) is 0 Å². The summed E-state index contributed by atoms with van der Waals surface area (Å²) in [6.45, 7) is 3.08. The van der Waals surface area contributed by atoms with Crippen molar-refractivity contribution < 1.29 is 17.9 Å². The second kappa shape index (κ2) is 8.46. The average molecular weight is 355 g/mol. The van der Waals surface area contributed by atoms with E-state index in [2.05, 4.69) is 10.0 Å². The SMILES string of the molecule is CCCS(=O)(=O)Nc1ccc(NC(=O)C(N)C2CCOCC2)cc1. The number of nitrogens with one attached hydrogen (secondary N) is 2. The topological polar surface area (TPSA) is 111 Å². The van der Waals surface area contributed by atoms with Crippen LogP contribution in [0.4, 0.5) is 11.4 Å². The highest BCUT2D eigenvalue weighted by Gasteiger charge is 2.26. The molecular weight excluding hydrogens is 330 g/mol. The molecule has 1 aliphatic heterocycles. The van der Waals surface area contributed by atoms with Crippen molar-refractivity contribution in [2.45, 2.75) is 32.2 Å². The third kappa shape index (κ3) is 5.47. The molecule has 0 radical (unpaired) electrons. The molecule has 4 N–H and O–H groups in total. The Bertz CT molecular complexity index is 640. The van der Waals surface area contributed by atoms with Crippen LogP contribution in [0.2, 0.25) is 0 Å². The summed E-state index contributed by atoms with van der Waals surface area (Å²) in [5.41, 5.74) is 7.08. The first-order valence-corrected chi connectivity index (χ1v) is 9.81. The Labute approximate surface area is 143 Å².